The van der Waals surface area contributed by atoms with Gasteiger partial charge in [0.15, 0.2) is 0 Å². The molecule has 1 N–H and O–H groups in total. The molecular weight excluding hydrogens is 348 g/mol. The number of hydrogen-bond donors (Lipinski definition) is 1. The number of aryl methyl sites for hydroxylation is 2. The molecule has 3 heteroatoms. The largest absolute Gasteiger partial charge is 0.382 e. The molecule has 2 nitrogen and oxygen atoms in total. The van der Waals surface area contributed by atoms with Crippen LogP contribution in [0.3, 0.4) is 0 Å². The molecule has 1 aliphatic heterocycles. The van der Waals surface area contributed by atoms with Gasteiger partial charge in [0.1, 0.15) is 0 Å². The van der Waals surface area contributed by atoms with Crippen LogP contribution in [-0.2, 0) is 6.54 Å². The molecule has 0 atom stereocenters. The zero-order valence-corrected chi connectivity index (χ0v) is 15.6. The van der Waals surface area contributed by atoms with Crippen LogP contribution >= 0.6 is 15.9 Å². The maximum absolute atomic E-state index is 3.72. The van der Waals surface area contributed by atoms with Crippen molar-refractivity contribution in [3.8, 4) is 0 Å². The second-order valence-electron chi connectivity index (χ2n) is 6.66. The second kappa shape index (κ2) is 7.50. The fourth-order valence-corrected chi connectivity index (χ4v) is 3.81. The summed E-state index contributed by atoms with van der Waals surface area (Å²) in [7, 11) is 0. The Morgan fingerprint density at radius 2 is 1.70 bits per heavy atom. The molecule has 122 valence electrons. The first-order valence-corrected chi connectivity index (χ1v) is 9.20. The van der Waals surface area contributed by atoms with Gasteiger partial charge in [-0.25, -0.2) is 0 Å². The molecule has 1 aliphatic rings. The molecule has 1 saturated heterocycles. The van der Waals surface area contributed by atoms with Gasteiger partial charge >= 0.3 is 0 Å². The van der Waals surface area contributed by atoms with Crippen molar-refractivity contribution in [1.29, 1.82) is 0 Å². The highest BCUT2D eigenvalue weighted by Crippen LogP contribution is 2.22. The molecule has 0 bridgehead atoms. The van der Waals surface area contributed by atoms with Gasteiger partial charge in [-0.3, -0.25) is 4.90 Å². The van der Waals surface area contributed by atoms with Crippen LogP contribution in [0, 0.1) is 13.8 Å². The topological polar surface area (TPSA) is 15.3 Å². The van der Waals surface area contributed by atoms with E-state index in [4.69, 9.17) is 0 Å². The third-order valence-corrected chi connectivity index (χ3v) is 5.31. The molecule has 0 amide bonds. The number of nitrogens with zero attached hydrogens (tertiary/aromatic N) is 1. The summed E-state index contributed by atoms with van der Waals surface area (Å²) in [5.74, 6) is 0. The third kappa shape index (κ3) is 4.58. The van der Waals surface area contributed by atoms with Crippen LogP contribution in [0.1, 0.15) is 29.5 Å². The van der Waals surface area contributed by atoms with Gasteiger partial charge in [0, 0.05) is 35.8 Å². The lowest BCUT2D eigenvalue weighted by Crippen LogP contribution is -2.38. The normalized spacial score (nSPS) is 16.5. The smallest absolute Gasteiger partial charge is 0.0347 e. The highest BCUT2D eigenvalue weighted by Gasteiger charge is 2.19. The van der Waals surface area contributed by atoms with E-state index in [2.05, 4.69) is 82.5 Å². The average Bonchev–Trinajstić information content (AvgIpc) is 2.50. The number of piperidine rings is 1. The molecule has 0 radical (unpaired) electrons. The van der Waals surface area contributed by atoms with E-state index in [0.717, 1.165) is 19.6 Å². The van der Waals surface area contributed by atoms with Crippen LogP contribution in [0.15, 0.2) is 46.9 Å². The van der Waals surface area contributed by atoms with Gasteiger partial charge in [0.25, 0.3) is 0 Å². The Labute approximate surface area is 148 Å². The number of likely N-dealkylation sites (tertiary alicyclic amines) is 1. The predicted molar refractivity (Wildman–Crippen MR) is 102 cm³/mol. The monoisotopic (exact) mass is 372 g/mol. The second-order valence-corrected chi connectivity index (χ2v) is 7.52. The number of rotatable bonds is 4. The summed E-state index contributed by atoms with van der Waals surface area (Å²) in [5.41, 5.74) is 5.32. The SMILES string of the molecule is Cc1cc(C)cc(NC2CCN(Cc3ccccc3Br)CC2)c1. The summed E-state index contributed by atoms with van der Waals surface area (Å²) in [5, 5.41) is 3.72. The first-order valence-electron chi connectivity index (χ1n) is 8.41. The van der Waals surface area contributed by atoms with Crippen molar-refractivity contribution in [1.82, 2.24) is 4.90 Å². The number of anilines is 1. The van der Waals surface area contributed by atoms with Crippen molar-refractivity contribution in [3.05, 3.63) is 63.6 Å². The van der Waals surface area contributed by atoms with Gasteiger partial charge in [0.2, 0.25) is 0 Å². The van der Waals surface area contributed by atoms with E-state index in [-0.39, 0.29) is 0 Å². The van der Waals surface area contributed by atoms with Gasteiger partial charge in [-0.1, -0.05) is 40.2 Å². The third-order valence-electron chi connectivity index (χ3n) is 4.53. The first-order chi connectivity index (χ1) is 11.1. The Bertz CT molecular complexity index is 640. The van der Waals surface area contributed by atoms with E-state index in [1.807, 2.05) is 0 Å². The number of hydrogen-bond acceptors (Lipinski definition) is 2. The van der Waals surface area contributed by atoms with E-state index >= 15 is 0 Å². The first kappa shape index (κ1) is 16.5. The lowest BCUT2D eigenvalue weighted by atomic mass is 10.0. The minimum atomic E-state index is 0.590. The predicted octanol–water partition coefficient (Wildman–Crippen LogP) is 5.14. The minimum Gasteiger partial charge on any atom is -0.382 e. The van der Waals surface area contributed by atoms with E-state index in [0.29, 0.717) is 6.04 Å². The van der Waals surface area contributed by atoms with Crippen molar-refractivity contribution in [3.63, 3.8) is 0 Å². The van der Waals surface area contributed by atoms with Gasteiger partial charge in [0.05, 0.1) is 0 Å². The highest BCUT2D eigenvalue weighted by atomic mass is 79.9. The zero-order valence-electron chi connectivity index (χ0n) is 14.0. The Morgan fingerprint density at radius 1 is 1.04 bits per heavy atom. The van der Waals surface area contributed by atoms with Gasteiger partial charge in [-0.15, -0.1) is 0 Å². The van der Waals surface area contributed by atoms with E-state index in [9.17, 15) is 0 Å². The van der Waals surface area contributed by atoms with E-state index in [1.165, 1.54) is 39.7 Å². The summed E-state index contributed by atoms with van der Waals surface area (Å²) in [4.78, 5) is 2.56. The zero-order chi connectivity index (χ0) is 16.2. The maximum atomic E-state index is 3.72. The van der Waals surface area contributed by atoms with Crippen LogP contribution in [0.5, 0.6) is 0 Å². The number of nitrogens with one attached hydrogen (secondary N) is 1. The van der Waals surface area contributed by atoms with Crippen LogP contribution in [0.25, 0.3) is 0 Å². The van der Waals surface area contributed by atoms with Crippen molar-refractivity contribution in [2.45, 2.75) is 39.3 Å². The quantitative estimate of drug-likeness (QED) is 0.798. The summed E-state index contributed by atoms with van der Waals surface area (Å²) >= 11 is 3.65. The van der Waals surface area contributed by atoms with Crippen LogP contribution in [-0.4, -0.2) is 24.0 Å². The van der Waals surface area contributed by atoms with Gasteiger partial charge in [-0.2, -0.15) is 0 Å². The van der Waals surface area contributed by atoms with Gasteiger partial charge in [-0.05, 0) is 61.6 Å². The Balaban J connectivity index is 1.53. The molecule has 23 heavy (non-hydrogen) atoms. The lowest BCUT2D eigenvalue weighted by Gasteiger charge is -2.33. The Morgan fingerprint density at radius 3 is 2.35 bits per heavy atom. The highest BCUT2D eigenvalue weighted by molar-refractivity contribution is 9.10. The maximum Gasteiger partial charge on any atom is 0.0347 e. The fraction of sp³-hybridized carbons (Fsp3) is 0.400. The molecular formula is C20H25BrN2. The standard InChI is InChI=1S/C20H25BrN2/c1-15-11-16(2)13-19(12-15)22-18-7-9-23(10-8-18)14-17-5-3-4-6-20(17)21/h3-6,11-13,18,22H,7-10,14H2,1-2H3. The Kier molecular flexibility index (Phi) is 5.39. The van der Waals surface area contributed by atoms with Crippen molar-refractivity contribution >= 4 is 21.6 Å². The number of benzene rings is 2. The van der Waals surface area contributed by atoms with Crippen LogP contribution < -0.4 is 5.32 Å². The molecule has 2 aromatic carbocycles. The van der Waals surface area contributed by atoms with Crippen molar-refractivity contribution < 1.29 is 0 Å². The van der Waals surface area contributed by atoms with E-state index in [1.54, 1.807) is 0 Å². The van der Waals surface area contributed by atoms with Crippen LogP contribution in [0.4, 0.5) is 5.69 Å². The average molecular weight is 373 g/mol. The molecule has 0 aliphatic carbocycles. The summed E-state index contributed by atoms with van der Waals surface area (Å²) in [6, 6.07) is 15.9. The molecule has 2 aromatic rings. The fourth-order valence-electron chi connectivity index (χ4n) is 3.40. The van der Waals surface area contributed by atoms with Crippen molar-refractivity contribution in [2.75, 3.05) is 18.4 Å². The summed E-state index contributed by atoms with van der Waals surface area (Å²) < 4.78 is 1.22. The minimum absolute atomic E-state index is 0.590. The van der Waals surface area contributed by atoms with Crippen LogP contribution in [0.2, 0.25) is 0 Å². The number of halogens is 1. The molecule has 1 fully saturated rings. The molecule has 0 aromatic heterocycles. The summed E-state index contributed by atoms with van der Waals surface area (Å²) in [6.45, 7) is 7.68. The van der Waals surface area contributed by atoms with Gasteiger partial charge < -0.3 is 5.32 Å². The lowest BCUT2D eigenvalue weighted by molar-refractivity contribution is 0.211. The molecule has 0 spiro atoms. The van der Waals surface area contributed by atoms with Crippen molar-refractivity contribution in [2.24, 2.45) is 0 Å². The molecule has 0 unspecified atom stereocenters. The molecule has 0 saturated carbocycles. The van der Waals surface area contributed by atoms with E-state index < -0.39 is 0 Å². The molecule has 3 rings (SSSR count). The Hall–Kier alpha value is -1.32. The molecule has 1 heterocycles. The summed E-state index contributed by atoms with van der Waals surface area (Å²) in [6.07, 6.45) is 2.41.